The summed E-state index contributed by atoms with van der Waals surface area (Å²) < 4.78 is 26.1. The maximum atomic E-state index is 12.1. The number of aryl methyl sites for hydroxylation is 1. The summed E-state index contributed by atoms with van der Waals surface area (Å²) in [5.74, 6) is 0.121. The van der Waals surface area contributed by atoms with Gasteiger partial charge in [-0.25, -0.2) is 8.42 Å². The normalized spacial score (nSPS) is 14.4. The summed E-state index contributed by atoms with van der Waals surface area (Å²) in [6.45, 7) is 6.49. The predicted octanol–water partition coefficient (Wildman–Crippen LogP) is 4.64. The van der Waals surface area contributed by atoms with Crippen LogP contribution in [-0.4, -0.2) is 20.5 Å². The third kappa shape index (κ3) is 4.30. The number of rotatable bonds is 4. The highest BCUT2D eigenvalue weighted by Gasteiger charge is 2.23. The molecule has 0 aromatic heterocycles. The molecule has 0 heterocycles. The van der Waals surface area contributed by atoms with E-state index >= 15 is 0 Å². The fraction of sp³-hybridized carbons (Fsp3) is 0.350. The van der Waals surface area contributed by atoms with Gasteiger partial charge in [0.25, 0.3) is 0 Å². The maximum Gasteiger partial charge on any atom is 0.229 e. The molecule has 0 radical (unpaired) electrons. The molecule has 0 saturated heterocycles. The van der Waals surface area contributed by atoms with Crippen molar-refractivity contribution >= 4 is 33.3 Å². The summed E-state index contributed by atoms with van der Waals surface area (Å²) in [5, 5.41) is 0. The summed E-state index contributed by atoms with van der Waals surface area (Å²) in [6, 6.07) is 11.9. The third-order valence-corrected chi connectivity index (χ3v) is 6.03. The van der Waals surface area contributed by atoms with E-state index in [0.29, 0.717) is 24.1 Å². The minimum absolute atomic E-state index is 0.0756. The van der Waals surface area contributed by atoms with Crippen LogP contribution < -0.4 is 4.72 Å². The lowest BCUT2D eigenvalue weighted by molar-refractivity contribution is 0.0994. The average Bonchev–Trinajstić information content (AvgIpc) is 2.86. The molecule has 2 aromatic rings. The Bertz CT molecular complexity index is 956. The molecule has 6 heteroatoms. The number of hydrogen-bond donors (Lipinski definition) is 1. The number of anilines is 1. The van der Waals surface area contributed by atoms with Crippen molar-refractivity contribution in [1.82, 2.24) is 0 Å². The van der Waals surface area contributed by atoms with Gasteiger partial charge in [-0.2, -0.15) is 0 Å². The number of carbonyl (C=O) groups is 1. The molecule has 0 amide bonds. The van der Waals surface area contributed by atoms with Crippen molar-refractivity contribution in [1.29, 1.82) is 0 Å². The fourth-order valence-electron chi connectivity index (χ4n) is 2.99. The Morgan fingerprint density at radius 1 is 1.04 bits per heavy atom. The molecule has 1 aliphatic rings. The standard InChI is InChI=1S/C20H23NO3S2/c1-20(2,3)14-6-8-15(9-7-14)25-19-12-16-13(5-10-18(16)22)11-17(19)21-26(4,23)24/h6-9,11-12,21H,5,10H2,1-4H3. The van der Waals surface area contributed by atoms with Crippen LogP contribution >= 0.6 is 11.8 Å². The van der Waals surface area contributed by atoms with Gasteiger partial charge in [0.05, 0.1) is 11.9 Å². The van der Waals surface area contributed by atoms with Crippen molar-refractivity contribution in [2.24, 2.45) is 0 Å². The number of carbonyl (C=O) groups excluding carboxylic acids is 1. The lowest BCUT2D eigenvalue weighted by Gasteiger charge is -2.19. The Hall–Kier alpha value is -1.79. The zero-order valence-corrected chi connectivity index (χ0v) is 17.1. The van der Waals surface area contributed by atoms with Crippen molar-refractivity contribution in [2.75, 3.05) is 11.0 Å². The Morgan fingerprint density at radius 3 is 2.27 bits per heavy atom. The molecule has 0 atom stereocenters. The van der Waals surface area contributed by atoms with E-state index < -0.39 is 10.0 Å². The number of Topliss-reactive ketones (excluding diaryl/α,β-unsaturated/α-hetero) is 1. The van der Waals surface area contributed by atoms with Crippen molar-refractivity contribution in [2.45, 2.75) is 48.8 Å². The minimum atomic E-state index is -3.40. The Morgan fingerprint density at radius 2 is 1.69 bits per heavy atom. The Balaban J connectivity index is 1.98. The van der Waals surface area contributed by atoms with Gasteiger partial charge in [0.2, 0.25) is 10.0 Å². The Labute approximate surface area is 159 Å². The largest absolute Gasteiger partial charge is 0.294 e. The van der Waals surface area contributed by atoms with Crippen LogP contribution in [0.5, 0.6) is 0 Å². The minimum Gasteiger partial charge on any atom is -0.294 e. The third-order valence-electron chi connectivity index (χ3n) is 4.37. The fourth-order valence-corrected chi connectivity index (χ4v) is 4.54. The van der Waals surface area contributed by atoms with Gasteiger partial charge in [-0.15, -0.1) is 0 Å². The second-order valence-electron chi connectivity index (χ2n) is 7.68. The van der Waals surface area contributed by atoms with Crippen molar-refractivity contribution in [3.05, 3.63) is 53.1 Å². The maximum absolute atomic E-state index is 12.1. The number of sulfonamides is 1. The lowest BCUT2D eigenvalue weighted by Crippen LogP contribution is -2.11. The molecule has 1 aliphatic carbocycles. The van der Waals surface area contributed by atoms with Crippen LogP contribution in [0.15, 0.2) is 46.2 Å². The molecule has 0 saturated carbocycles. The molecule has 0 bridgehead atoms. The molecule has 0 fully saturated rings. The van der Waals surface area contributed by atoms with Gasteiger partial charge in [-0.1, -0.05) is 44.7 Å². The Kier molecular flexibility index (Phi) is 4.92. The van der Waals surface area contributed by atoms with E-state index in [2.05, 4.69) is 37.6 Å². The van der Waals surface area contributed by atoms with Crippen LogP contribution in [0.2, 0.25) is 0 Å². The van der Waals surface area contributed by atoms with E-state index in [9.17, 15) is 13.2 Å². The number of benzene rings is 2. The van der Waals surface area contributed by atoms with Crippen LogP contribution in [0.25, 0.3) is 0 Å². The molecule has 3 rings (SSSR count). The summed E-state index contributed by atoms with van der Waals surface area (Å²) in [4.78, 5) is 13.8. The molecule has 0 unspecified atom stereocenters. The van der Waals surface area contributed by atoms with Gasteiger partial charge in [0.1, 0.15) is 0 Å². The molecule has 2 aromatic carbocycles. The van der Waals surface area contributed by atoms with Crippen LogP contribution in [0.3, 0.4) is 0 Å². The van der Waals surface area contributed by atoms with E-state index in [4.69, 9.17) is 0 Å². The van der Waals surface area contributed by atoms with Gasteiger partial charge in [0, 0.05) is 21.8 Å². The highest BCUT2D eigenvalue weighted by Crippen LogP contribution is 2.39. The van der Waals surface area contributed by atoms with E-state index in [-0.39, 0.29) is 11.2 Å². The molecule has 4 nitrogen and oxygen atoms in total. The number of nitrogens with one attached hydrogen (secondary N) is 1. The first-order valence-electron chi connectivity index (χ1n) is 8.49. The predicted molar refractivity (Wildman–Crippen MR) is 107 cm³/mol. The van der Waals surface area contributed by atoms with Gasteiger partial charge in [0.15, 0.2) is 5.78 Å². The van der Waals surface area contributed by atoms with Gasteiger partial charge in [-0.05, 0) is 47.2 Å². The second-order valence-corrected chi connectivity index (χ2v) is 10.5. The van der Waals surface area contributed by atoms with E-state index in [1.165, 1.54) is 17.3 Å². The first-order valence-corrected chi connectivity index (χ1v) is 11.2. The highest BCUT2D eigenvalue weighted by molar-refractivity contribution is 7.99. The highest BCUT2D eigenvalue weighted by atomic mass is 32.2. The van der Waals surface area contributed by atoms with E-state index in [1.807, 2.05) is 18.2 Å². The molecule has 0 aliphatic heterocycles. The lowest BCUT2D eigenvalue weighted by atomic mass is 9.87. The van der Waals surface area contributed by atoms with Gasteiger partial charge < -0.3 is 0 Å². The molecule has 0 spiro atoms. The SMILES string of the molecule is CC(C)(C)c1ccc(Sc2cc3c(cc2NS(C)(=O)=O)CCC3=O)cc1. The molecule has 138 valence electrons. The quantitative estimate of drug-likeness (QED) is 0.828. The topological polar surface area (TPSA) is 63.2 Å². The molecule has 26 heavy (non-hydrogen) atoms. The van der Waals surface area contributed by atoms with Crippen LogP contribution in [0.1, 0.15) is 48.7 Å². The average molecular weight is 390 g/mol. The smallest absolute Gasteiger partial charge is 0.229 e. The first kappa shape index (κ1) is 19.0. The van der Waals surface area contributed by atoms with E-state index in [1.54, 1.807) is 6.07 Å². The van der Waals surface area contributed by atoms with Crippen LogP contribution in [0.4, 0.5) is 5.69 Å². The van der Waals surface area contributed by atoms with E-state index in [0.717, 1.165) is 21.6 Å². The zero-order chi connectivity index (χ0) is 19.1. The summed E-state index contributed by atoms with van der Waals surface area (Å²) in [5.41, 5.74) is 3.46. The molecule has 1 N–H and O–H groups in total. The van der Waals surface area contributed by atoms with Crippen molar-refractivity contribution in [3.8, 4) is 0 Å². The van der Waals surface area contributed by atoms with Gasteiger partial charge >= 0.3 is 0 Å². The van der Waals surface area contributed by atoms with Crippen LogP contribution in [0, 0.1) is 0 Å². The van der Waals surface area contributed by atoms with Crippen molar-refractivity contribution < 1.29 is 13.2 Å². The monoisotopic (exact) mass is 389 g/mol. The summed E-state index contributed by atoms with van der Waals surface area (Å²) in [7, 11) is -3.40. The second kappa shape index (κ2) is 6.74. The summed E-state index contributed by atoms with van der Waals surface area (Å²) >= 11 is 1.46. The number of hydrogen-bond acceptors (Lipinski definition) is 4. The number of ketones is 1. The zero-order valence-electron chi connectivity index (χ0n) is 15.4. The van der Waals surface area contributed by atoms with Crippen LogP contribution in [-0.2, 0) is 21.9 Å². The number of fused-ring (bicyclic) bond motifs is 1. The van der Waals surface area contributed by atoms with Crippen molar-refractivity contribution in [3.63, 3.8) is 0 Å². The summed E-state index contributed by atoms with van der Waals surface area (Å²) in [6.07, 6.45) is 2.29. The first-order chi connectivity index (χ1) is 12.0. The molecular formula is C20H23NO3S2. The van der Waals surface area contributed by atoms with Gasteiger partial charge in [-0.3, -0.25) is 9.52 Å². The molecular weight excluding hydrogens is 366 g/mol.